The van der Waals surface area contributed by atoms with Crippen LogP contribution in [0.5, 0.6) is 0 Å². The zero-order chi connectivity index (χ0) is 62.0. The number of allylic oxidation sites excluding steroid dienone is 3. The van der Waals surface area contributed by atoms with Gasteiger partial charge < -0.3 is 20.3 Å². The summed E-state index contributed by atoms with van der Waals surface area (Å²) in [5.41, 5.74) is 0. The van der Waals surface area contributed by atoms with Crippen molar-refractivity contribution in [2.75, 3.05) is 13.2 Å². The molecule has 0 aliphatic rings. The lowest BCUT2D eigenvalue weighted by Crippen LogP contribution is -2.45. The average Bonchev–Trinajstić information content (AvgIpc) is 3.53. The Morgan fingerprint density at radius 3 is 0.826 bits per heavy atom. The van der Waals surface area contributed by atoms with Gasteiger partial charge in [0.2, 0.25) is 5.91 Å². The van der Waals surface area contributed by atoms with E-state index in [9.17, 15) is 19.8 Å². The minimum atomic E-state index is -0.838. The highest BCUT2D eigenvalue weighted by molar-refractivity contribution is 5.76. The number of aliphatic hydroxyl groups excluding tert-OH is 2. The van der Waals surface area contributed by atoms with Crippen molar-refractivity contribution >= 4 is 11.9 Å². The fourth-order valence-corrected chi connectivity index (χ4v) is 12.7. The van der Waals surface area contributed by atoms with Crippen molar-refractivity contribution in [2.24, 2.45) is 0 Å². The number of amides is 1. The number of aliphatic hydroxyl groups is 2. The van der Waals surface area contributed by atoms with Crippen LogP contribution in [0.25, 0.3) is 0 Å². The van der Waals surface area contributed by atoms with Gasteiger partial charge in [0.25, 0.3) is 0 Å². The molecule has 2 atom stereocenters. The van der Waals surface area contributed by atoms with Crippen LogP contribution >= 0.6 is 0 Å². The van der Waals surface area contributed by atoms with Crippen LogP contribution in [0.4, 0.5) is 0 Å². The molecule has 0 rings (SSSR count). The summed E-state index contributed by atoms with van der Waals surface area (Å²) >= 11 is 0. The number of hydrogen-bond acceptors (Lipinski definition) is 5. The third kappa shape index (κ3) is 71.4. The number of esters is 1. The van der Waals surface area contributed by atoms with Gasteiger partial charge in [0.05, 0.1) is 25.4 Å². The Morgan fingerprint density at radius 2 is 0.547 bits per heavy atom. The minimum absolute atomic E-state index is 0.0218. The standard InChI is InChI=1S/C80H155NO5/c1-3-5-7-9-11-13-15-17-18-19-44-47-50-54-58-62-66-70-74-80(85)86-75-71-67-63-59-55-51-48-45-42-40-38-36-34-32-30-28-26-24-22-20-21-23-25-27-29-31-33-35-37-39-41-43-46-49-53-57-61-65-69-73-79(84)81-77(76-82)78(83)72-68-64-60-56-52-16-14-12-10-8-6-4-2/h18-19,68,72,77-78,82-83H,3-17,20-67,69-71,73-76H2,1-2H3,(H,81,84)/b19-18-,72-68+. The molecule has 3 N–H and O–H groups in total. The molecular weight excluding hydrogens is 1050 g/mol. The molecule has 0 radical (unpaired) electrons. The van der Waals surface area contributed by atoms with E-state index < -0.39 is 12.1 Å². The number of rotatable bonds is 75. The Kier molecular flexibility index (Phi) is 74.3. The number of carbonyl (C=O) groups excluding carboxylic acids is 2. The fourth-order valence-electron chi connectivity index (χ4n) is 12.7. The first-order chi connectivity index (χ1) is 42.5. The van der Waals surface area contributed by atoms with Gasteiger partial charge in [-0.05, 0) is 57.8 Å². The van der Waals surface area contributed by atoms with Crippen LogP contribution in [-0.4, -0.2) is 47.4 Å². The highest BCUT2D eigenvalue weighted by atomic mass is 16.5. The summed E-state index contributed by atoms with van der Waals surface area (Å²) in [5.74, 6) is -0.0385. The molecule has 1 amide bonds. The van der Waals surface area contributed by atoms with Gasteiger partial charge in [0.1, 0.15) is 0 Å². The van der Waals surface area contributed by atoms with Crippen molar-refractivity contribution in [3.63, 3.8) is 0 Å². The quantitative estimate of drug-likeness (QED) is 0.0320. The molecule has 0 aromatic rings. The summed E-state index contributed by atoms with van der Waals surface area (Å²) < 4.78 is 5.52. The molecule has 0 aliphatic heterocycles. The van der Waals surface area contributed by atoms with Gasteiger partial charge in [-0.3, -0.25) is 9.59 Å². The Bertz CT molecular complexity index is 1350. The third-order valence-electron chi connectivity index (χ3n) is 18.7. The molecule has 86 heavy (non-hydrogen) atoms. The lowest BCUT2D eigenvalue weighted by Gasteiger charge is -2.20. The van der Waals surface area contributed by atoms with Gasteiger partial charge in [0, 0.05) is 12.8 Å². The molecule has 0 fully saturated rings. The van der Waals surface area contributed by atoms with Crippen molar-refractivity contribution in [1.29, 1.82) is 0 Å². The second-order valence-corrected chi connectivity index (χ2v) is 27.4. The highest BCUT2D eigenvalue weighted by Crippen LogP contribution is 2.20. The zero-order valence-electron chi connectivity index (χ0n) is 58.6. The van der Waals surface area contributed by atoms with Gasteiger partial charge in [0.15, 0.2) is 0 Å². The maximum atomic E-state index is 12.5. The van der Waals surface area contributed by atoms with Crippen molar-refractivity contribution in [3.05, 3.63) is 24.3 Å². The Morgan fingerprint density at radius 1 is 0.314 bits per heavy atom. The van der Waals surface area contributed by atoms with E-state index in [1.807, 2.05) is 6.08 Å². The second-order valence-electron chi connectivity index (χ2n) is 27.4. The molecule has 2 unspecified atom stereocenters. The van der Waals surface area contributed by atoms with E-state index in [-0.39, 0.29) is 18.5 Å². The number of hydrogen-bond donors (Lipinski definition) is 3. The number of carbonyl (C=O) groups is 2. The van der Waals surface area contributed by atoms with Crippen LogP contribution in [0.2, 0.25) is 0 Å². The molecule has 0 bridgehead atoms. The van der Waals surface area contributed by atoms with E-state index in [4.69, 9.17) is 4.74 Å². The molecule has 510 valence electrons. The van der Waals surface area contributed by atoms with Crippen LogP contribution in [0.1, 0.15) is 450 Å². The molecule has 0 spiro atoms. The summed E-state index contributed by atoms with van der Waals surface area (Å²) in [6, 6.07) is -0.622. The van der Waals surface area contributed by atoms with E-state index in [0.29, 0.717) is 19.4 Å². The second kappa shape index (κ2) is 75.8. The van der Waals surface area contributed by atoms with Gasteiger partial charge in [-0.2, -0.15) is 0 Å². The first kappa shape index (κ1) is 84.3. The first-order valence-electron chi connectivity index (χ1n) is 39.6. The zero-order valence-corrected chi connectivity index (χ0v) is 58.6. The predicted molar refractivity (Wildman–Crippen MR) is 380 cm³/mol. The van der Waals surface area contributed by atoms with Gasteiger partial charge >= 0.3 is 5.97 Å². The van der Waals surface area contributed by atoms with Crippen LogP contribution < -0.4 is 5.32 Å². The van der Waals surface area contributed by atoms with Gasteiger partial charge in [-0.25, -0.2) is 0 Å². The molecule has 0 saturated carbocycles. The molecule has 0 aliphatic carbocycles. The van der Waals surface area contributed by atoms with Crippen LogP contribution in [0, 0.1) is 0 Å². The van der Waals surface area contributed by atoms with Crippen molar-refractivity contribution in [2.45, 2.75) is 463 Å². The van der Waals surface area contributed by atoms with Gasteiger partial charge in [-0.1, -0.05) is 404 Å². The lowest BCUT2D eigenvalue weighted by atomic mass is 10.0. The Labute approximate surface area is 539 Å². The molecule has 0 aromatic heterocycles. The molecule has 6 nitrogen and oxygen atoms in total. The van der Waals surface area contributed by atoms with E-state index >= 15 is 0 Å². The topological polar surface area (TPSA) is 95.9 Å². The number of nitrogens with one attached hydrogen (secondary N) is 1. The average molecular weight is 1210 g/mol. The molecule has 0 aromatic carbocycles. The van der Waals surface area contributed by atoms with Gasteiger partial charge in [-0.15, -0.1) is 0 Å². The highest BCUT2D eigenvalue weighted by Gasteiger charge is 2.18. The van der Waals surface area contributed by atoms with E-state index in [2.05, 4.69) is 31.3 Å². The van der Waals surface area contributed by atoms with E-state index in [0.717, 1.165) is 38.5 Å². The van der Waals surface area contributed by atoms with Crippen LogP contribution in [0.3, 0.4) is 0 Å². The van der Waals surface area contributed by atoms with Crippen molar-refractivity contribution in [3.8, 4) is 0 Å². The van der Waals surface area contributed by atoms with Crippen molar-refractivity contribution in [1.82, 2.24) is 5.32 Å². The molecule has 0 saturated heterocycles. The molecular formula is C80H155NO5. The minimum Gasteiger partial charge on any atom is -0.466 e. The Balaban J connectivity index is 3.27. The van der Waals surface area contributed by atoms with E-state index in [1.54, 1.807) is 6.08 Å². The predicted octanol–water partition coefficient (Wildman–Crippen LogP) is 26.0. The summed E-state index contributed by atoms with van der Waals surface area (Å²) in [5, 5.41) is 23.1. The number of unbranched alkanes of at least 4 members (excludes halogenated alkanes) is 62. The van der Waals surface area contributed by atoms with Crippen LogP contribution in [0.15, 0.2) is 24.3 Å². The van der Waals surface area contributed by atoms with Crippen LogP contribution in [-0.2, 0) is 14.3 Å². The molecule has 6 heteroatoms. The lowest BCUT2D eigenvalue weighted by molar-refractivity contribution is -0.143. The first-order valence-corrected chi connectivity index (χ1v) is 39.6. The monoisotopic (exact) mass is 1210 g/mol. The fraction of sp³-hybridized carbons (Fsp3) is 0.925. The normalized spacial score (nSPS) is 12.6. The Hall–Kier alpha value is -1.66. The third-order valence-corrected chi connectivity index (χ3v) is 18.7. The summed E-state index contributed by atoms with van der Waals surface area (Å²) in [6.45, 7) is 4.93. The smallest absolute Gasteiger partial charge is 0.305 e. The summed E-state index contributed by atoms with van der Waals surface area (Å²) in [6.07, 6.45) is 97.5. The maximum absolute atomic E-state index is 12.5. The SMILES string of the molecule is CCCCCCCCC/C=C\CCCCCCCCCC(=O)OCCCCCCCCCCCCCCCCCCCCCCCCCCCCCCCCCCCCCCCCCC(=O)NC(CO)C(O)/C=C/CCCCCCCCCCCC. The van der Waals surface area contributed by atoms with E-state index in [1.165, 1.54) is 385 Å². The van der Waals surface area contributed by atoms with Crippen molar-refractivity contribution < 1.29 is 24.5 Å². The number of ether oxygens (including phenoxy) is 1. The summed E-state index contributed by atoms with van der Waals surface area (Å²) in [4.78, 5) is 24.6. The summed E-state index contributed by atoms with van der Waals surface area (Å²) in [7, 11) is 0. The molecule has 0 heterocycles. The maximum Gasteiger partial charge on any atom is 0.305 e. The largest absolute Gasteiger partial charge is 0.466 e.